The third-order valence-electron chi connectivity index (χ3n) is 5.58. The summed E-state index contributed by atoms with van der Waals surface area (Å²) in [6.07, 6.45) is 5.84. The molecule has 136 valence electrons. The molecule has 25 heavy (non-hydrogen) atoms. The summed E-state index contributed by atoms with van der Waals surface area (Å²) in [6.45, 7) is 4.16. The Bertz CT molecular complexity index is 626. The Kier molecular flexibility index (Phi) is 5.71. The van der Waals surface area contributed by atoms with Crippen LogP contribution in [0, 0.1) is 11.7 Å². The summed E-state index contributed by atoms with van der Waals surface area (Å²) in [5.74, 6) is -0.255. The van der Waals surface area contributed by atoms with Crippen molar-refractivity contribution in [2.24, 2.45) is 5.92 Å². The van der Waals surface area contributed by atoms with E-state index < -0.39 is 5.82 Å². The lowest BCUT2D eigenvalue weighted by Gasteiger charge is -2.39. The number of likely N-dealkylation sites (tertiary alicyclic amines) is 2. The summed E-state index contributed by atoms with van der Waals surface area (Å²) in [5, 5.41) is 0. The molecule has 0 unspecified atom stereocenters. The highest BCUT2D eigenvalue weighted by molar-refractivity contribution is 5.94. The third kappa shape index (κ3) is 4.02. The van der Waals surface area contributed by atoms with Crippen LogP contribution >= 0.6 is 0 Å². The molecule has 0 N–H and O–H groups in total. The van der Waals surface area contributed by atoms with Gasteiger partial charge in [0.2, 0.25) is 5.91 Å². The highest BCUT2D eigenvalue weighted by Gasteiger charge is 2.33. The van der Waals surface area contributed by atoms with Crippen molar-refractivity contribution in [2.45, 2.75) is 51.5 Å². The van der Waals surface area contributed by atoms with Gasteiger partial charge in [-0.15, -0.1) is 0 Å². The van der Waals surface area contributed by atoms with Crippen LogP contribution in [0.4, 0.5) is 4.39 Å². The maximum absolute atomic E-state index is 13.3. The van der Waals surface area contributed by atoms with Crippen LogP contribution in [0.3, 0.4) is 0 Å². The van der Waals surface area contributed by atoms with Crippen molar-refractivity contribution in [3.05, 3.63) is 35.6 Å². The van der Waals surface area contributed by atoms with Crippen LogP contribution in [0.1, 0.15) is 55.8 Å². The standard InChI is InChI=1S/C20H27FN2O2/c1-2-18-8-3-4-11-23(18)20(25)15-9-12-22(13-10-15)19(24)16-6-5-7-17(21)14-16/h5-7,14-15,18H,2-4,8-13H2,1H3/t18-/m0/s1. The van der Waals surface area contributed by atoms with E-state index in [1.54, 1.807) is 17.0 Å². The fourth-order valence-electron chi connectivity index (χ4n) is 4.08. The first-order chi connectivity index (χ1) is 12.1. The van der Waals surface area contributed by atoms with Crippen molar-refractivity contribution in [3.63, 3.8) is 0 Å². The van der Waals surface area contributed by atoms with E-state index in [0.29, 0.717) is 37.5 Å². The molecule has 4 nitrogen and oxygen atoms in total. The molecule has 2 aliphatic rings. The van der Waals surface area contributed by atoms with E-state index in [1.807, 2.05) is 0 Å². The smallest absolute Gasteiger partial charge is 0.253 e. The zero-order chi connectivity index (χ0) is 17.8. The van der Waals surface area contributed by atoms with Crippen molar-refractivity contribution in [1.82, 2.24) is 9.80 Å². The second-order valence-corrected chi connectivity index (χ2v) is 7.17. The minimum absolute atomic E-state index is 0.0173. The second-order valence-electron chi connectivity index (χ2n) is 7.17. The SMILES string of the molecule is CC[C@H]1CCCCN1C(=O)C1CCN(C(=O)c2cccc(F)c2)CC1. The maximum atomic E-state index is 13.3. The number of hydrogen-bond donors (Lipinski definition) is 0. The van der Waals surface area contributed by atoms with E-state index in [1.165, 1.54) is 18.6 Å². The van der Waals surface area contributed by atoms with E-state index in [-0.39, 0.29) is 17.7 Å². The molecule has 2 amide bonds. The molecular formula is C20H27FN2O2. The molecule has 2 saturated heterocycles. The normalized spacial score (nSPS) is 22.1. The fraction of sp³-hybridized carbons (Fsp3) is 0.600. The lowest BCUT2D eigenvalue weighted by molar-refractivity contribution is -0.140. The van der Waals surface area contributed by atoms with E-state index >= 15 is 0 Å². The number of piperidine rings is 2. The zero-order valence-corrected chi connectivity index (χ0v) is 14.9. The van der Waals surface area contributed by atoms with Crippen molar-refractivity contribution in [3.8, 4) is 0 Å². The lowest BCUT2D eigenvalue weighted by Crippen LogP contribution is -2.49. The Labute approximate surface area is 149 Å². The van der Waals surface area contributed by atoms with Crippen LogP contribution in [0.15, 0.2) is 24.3 Å². The van der Waals surface area contributed by atoms with Crippen molar-refractivity contribution < 1.29 is 14.0 Å². The van der Waals surface area contributed by atoms with Gasteiger partial charge in [0.15, 0.2) is 0 Å². The van der Waals surface area contributed by atoms with E-state index in [9.17, 15) is 14.0 Å². The quantitative estimate of drug-likeness (QED) is 0.841. The monoisotopic (exact) mass is 346 g/mol. The molecule has 0 saturated carbocycles. The van der Waals surface area contributed by atoms with Gasteiger partial charge in [0, 0.05) is 37.2 Å². The minimum atomic E-state index is -0.397. The molecule has 0 aliphatic carbocycles. The second kappa shape index (κ2) is 7.98. The van der Waals surface area contributed by atoms with Crippen LogP contribution < -0.4 is 0 Å². The molecule has 5 heteroatoms. The number of carbonyl (C=O) groups is 2. The summed E-state index contributed by atoms with van der Waals surface area (Å²) < 4.78 is 13.3. The molecule has 2 aliphatic heterocycles. The van der Waals surface area contributed by atoms with Gasteiger partial charge in [-0.25, -0.2) is 4.39 Å². The molecule has 1 aromatic carbocycles. The average Bonchev–Trinajstić information content (AvgIpc) is 2.67. The Morgan fingerprint density at radius 3 is 2.56 bits per heavy atom. The summed E-state index contributed by atoms with van der Waals surface area (Å²) in [7, 11) is 0. The van der Waals surface area contributed by atoms with Gasteiger partial charge in [-0.3, -0.25) is 9.59 Å². The molecule has 0 bridgehead atoms. The number of nitrogens with zero attached hydrogens (tertiary/aromatic N) is 2. The summed E-state index contributed by atoms with van der Waals surface area (Å²) in [4.78, 5) is 29.2. The molecule has 0 spiro atoms. The summed E-state index contributed by atoms with van der Waals surface area (Å²) >= 11 is 0. The zero-order valence-electron chi connectivity index (χ0n) is 14.9. The molecule has 2 fully saturated rings. The Morgan fingerprint density at radius 1 is 1.12 bits per heavy atom. The molecule has 2 heterocycles. The van der Waals surface area contributed by atoms with Gasteiger partial charge in [-0.1, -0.05) is 13.0 Å². The van der Waals surface area contributed by atoms with E-state index in [0.717, 1.165) is 25.8 Å². The molecule has 0 aromatic heterocycles. The van der Waals surface area contributed by atoms with Gasteiger partial charge in [0.25, 0.3) is 5.91 Å². The van der Waals surface area contributed by atoms with E-state index in [4.69, 9.17) is 0 Å². The molecule has 1 aromatic rings. The first-order valence-corrected chi connectivity index (χ1v) is 9.45. The number of rotatable bonds is 3. The minimum Gasteiger partial charge on any atom is -0.339 e. The van der Waals surface area contributed by atoms with Crippen LogP contribution in [0.5, 0.6) is 0 Å². The number of benzene rings is 1. The number of hydrogen-bond acceptors (Lipinski definition) is 2. The van der Waals surface area contributed by atoms with Gasteiger partial charge in [0.05, 0.1) is 0 Å². The first kappa shape index (κ1) is 17.9. The van der Waals surface area contributed by atoms with Crippen LogP contribution in [0.25, 0.3) is 0 Å². The fourth-order valence-corrected chi connectivity index (χ4v) is 4.08. The molecule has 3 rings (SSSR count). The number of carbonyl (C=O) groups excluding carboxylic acids is 2. The van der Waals surface area contributed by atoms with Crippen molar-refractivity contribution >= 4 is 11.8 Å². The van der Waals surface area contributed by atoms with Crippen LogP contribution in [-0.4, -0.2) is 47.3 Å². The number of halogens is 1. The van der Waals surface area contributed by atoms with Crippen LogP contribution in [0.2, 0.25) is 0 Å². The van der Waals surface area contributed by atoms with Crippen LogP contribution in [-0.2, 0) is 4.79 Å². The largest absolute Gasteiger partial charge is 0.339 e. The van der Waals surface area contributed by atoms with E-state index in [2.05, 4.69) is 11.8 Å². The van der Waals surface area contributed by atoms with Gasteiger partial charge < -0.3 is 9.80 Å². The Morgan fingerprint density at radius 2 is 1.88 bits per heavy atom. The molecule has 0 radical (unpaired) electrons. The predicted molar refractivity (Wildman–Crippen MR) is 94.7 cm³/mol. The number of amides is 2. The van der Waals surface area contributed by atoms with Gasteiger partial charge >= 0.3 is 0 Å². The molecular weight excluding hydrogens is 319 g/mol. The average molecular weight is 346 g/mol. The maximum Gasteiger partial charge on any atom is 0.253 e. The lowest BCUT2D eigenvalue weighted by atomic mass is 9.91. The summed E-state index contributed by atoms with van der Waals surface area (Å²) in [5.41, 5.74) is 0.381. The highest BCUT2D eigenvalue weighted by atomic mass is 19.1. The summed E-state index contributed by atoms with van der Waals surface area (Å²) in [6, 6.07) is 6.19. The molecule has 1 atom stereocenters. The predicted octanol–water partition coefficient (Wildman–Crippen LogP) is 3.47. The van der Waals surface area contributed by atoms with Crippen molar-refractivity contribution in [2.75, 3.05) is 19.6 Å². The third-order valence-corrected chi connectivity index (χ3v) is 5.58. The van der Waals surface area contributed by atoms with Gasteiger partial charge in [0.1, 0.15) is 5.82 Å². The first-order valence-electron chi connectivity index (χ1n) is 9.45. The van der Waals surface area contributed by atoms with Crippen molar-refractivity contribution in [1.29, 1.82) is 0 Å². The Hall–Kier alpha value is -1.91. The Balaban J connectivity index is 1.58. The van der Waals surface area contributed by atoms with Gasteiger partial charge in [-0.05, 0) is 56.7 Å². The highest BCUT2D eigenvalue weighted by Crippen LogP contribution is 2.26. The van der Waals surface area contributed by atoms with Gasteiger partial charge in [-0.2, -0.15) is 0 Å². The topological polar surface area (TPSA) is 40.6 Å².